The second kappa shape index (κ2) is 5.93. The monoisotopic (exact) mass is 220 g/mol. The van der Waals surface area contributed by atoms with Gasteiger partial charge in [-0.05, 0) is 35.4 Å². The molecular weight excluding hydrogens is 196 g/mol. The smallest absolute Gasteiger partial charge is 0.115 e. The van der Waals surface area contributed by atoms with Gasteiger partial charge >= 0.3 is 0 Å². The third-order valence-electron chi connectivity index (χ3n) is 3.91. The molecule has 0 aliphatic rings. The number of hydrogen-bond donors (Lipinski definition) is 1. The Morgan fingerprint density at radius 3 is 2.00 bits per heavy atom. The molecule has 1 N–H and O–H groups in total. The van der Waals surface area contributed by atoms with E-state index < -0.39 is 0 Å². The Bertz CT molecular complexity index is 302. The van der Waals surface area contributed by atoms with Crippen molar-refractivity contribution in [1.29, 1.82) is 0 Å². The van der Waals surface area contributed by atoms with Crippen molar-refractivity contribution in [3.63, 3.8) is 0 Å². The highest BCUT2D eigenvalue weighted by atomic mass is 16.3. The molecule has 16 heavy (non-hydrogen) atoms. The van der Waals surface area contributed by atoms with Gasteiger partial charge in [-0.2, -0.15) is 0 Å². The van der Waals surface area contributed by atoms with Crippen LogP contribution in [0.4, 0.5) is 0 Å². The topological polar surface area (TPSA) is 20.2 Å². The molecule has 1 aromatic carbocycles. The van der Waals surface area contributed by atoms with Gasteiger partial charge in [0.1, 0.15) is 5.75 Å². The van der Waals surface area contributed by atoms with E-state index in [4.69, 9.17) is 0 Å². The van der Waals surface area contributed by atoms with Crippen molar-refractivity contribution in [3.8, 4) is 5.75 Å². The molecule has 3 atom stereocenters. The molecule has 0 radical (unpaired) electrons. The van der Waals surface area contributed by atoms with Crippen LogP contribution in [0.5, 0.6) is 5.75 Å². The first-order valence-electron chi connectivity index (χ1n) is 6.39. The van der Waals surface area contributed by atoms with Crippen LogP contribution in [0.2, 0.25) is 0 Å². The van der Waals surface area contributed by atoms with E-state index in [-0.39, 0.29) is 0 Å². The van der Waals surface area contributed by atoms with Crippen molar-refractivity contribution >= 4 is 0 Å². The van der Waals surface area contributed by atoms with Crippen molar-refractivity contribution in [2.45, 2.75) is 46.5 Å². The van der Waals surface area contributed by atoms with E-state index in [2.05, 4.69) is 27.7 Å². The maximum Gasteiger partial charge on any atom is 0.115 e. The summed E-state index contributed by atoms with van der Waals surface area (Å²) in [6, 6.07) is 7.67. The molecule has 0 aliphatic heterocycles. The minimum atomic E-state index is 0.354. The molecule has 0 aliphatic carbocycles. The Hall–Kier alpha value is -0.980. The number of rotatable bonds is 5. The predicted octanol–water partition coefficient (Wildman–Crippen LogP) is 4.57. The van der Waals surface area contributed by atoms with Gasteiger partial charge < -0.3 is 5.11 Å². The molecule has 1 nitrogen and oxygen atoms in total. The first-order valence-corrected chi connectivity index (χ1v) is 6.39. The molecule has 0 bridgehead atoms. The summed E-state index contributed by atoms with van der Waals surface area (Å²) >= 11 is 0. The van der Waals surface area contributed by atoms with Gasteiger partial charge in [0.25, 0.3) is 0 Å². The summed E-state index contributed by atoms with van der Waals surface area (Å²) in [7, 11) is 0. The van der Waals surface area contributed by atoms with Crippen LogP contribution >= 0.6 is 0 Å². The molecule has 1 rings (SSSR count). The van der Waals surface area contributed by atoms with Crippen LogP contribution in [0.25, 0.3) is 0 Å². The number of hydrogen-bond acceptors (Lipinski definition) is 1. The number of aromatic hydroxyl groups is 1. The summed E-state index contributed by atoms with van der Waals surface area (Å²) < 4.78 is 0. The minimum absolute atomic E-state index is 0.354. The Labute approximate surface area is 99.5 Å². The number of phenolic OH excluding ortho intramolecular Hbond substituents is 1. The van der Waals surface area contributed by atoms with Gasteiger partial charge in [0.05, 0.1) is 0 Å². The lowest BCUT2D eigenvalue weighted by Crippen LogP contribution is -2.17. The molecule has 0 heterocycles. The van der Waals surface area contributed by atoms with E-state index in [0.29, 0.717) is 11.7 Å². The zero-order valence-corrected chi connectivity index (χ0v) is 10.9. The molecule has 0 aromatic heterocycles. The molecule has 0 spiro atoms. The average Bonchev–Trinajstić information content (AvgIpc) is 2.30. The lowest BCUT2D eigenvalue weighted by Gasteiger charge is -2.28. The molecule has 1 aromatic rings. The van der Waals surface area contributed by atoms with E-state index in [1.54, 1.807) is 12.1 Å². The quantitative estimate of drug-likeness (QED) is 0.770. The lowest BCUT2D eigenvalue weighted by molar-refractivity contribution is 0.293. The van der Waals surface area contributed by atoms with Crippen LogP contribution in [0, 0.1) is 11.8 Å². The first kappa shape index (κ1) is 13.1. The maximum atomic E-state index is 9.29. The van der Waals surface area contributed by atoms with Crippen LogP contribution < -0.4 is 0 Å². The Morgan fingerprint density at radius 1 is 1.00 bits per heavy atom. The fourth-order valence-corrected chi connectivity index (χ4v) is 2.58. The van der Waals surface area contributed by atoms with Crippen molar-refractivity contribution < 1.29 is 5.11 Å². The van der Waals surface area contributed by atoms with Gasteiger partial charge in [0.15, 0.2) is 0 Å². The van der Waals surface area contributed by atoms with Gasteiger partial charge in [0, 0.05) is 0 Å². The van der Waals surface area contributed by atoms with E-state index >= 15 is 0 Å². The minimum Gasteiger partial charge on any atom is -0.508 e. The van der Waals surface area contributed by atoms with Crippen LogP contribution in [0.3, 0.4) is 0 Å². The molecule has 0 fully saturated rings. The highest BCUT2D eigenvalue weighted by molar-refractivity contribution is 5.28. The lowest BCUT2D eigenvalue weighted by atomic mass is 9.77. The van der Waals surface area contributed by atoms with Crippen LogP contribution in [0.15, 0.2) is 24.3 Å². The average molecular weight is 220 g/mol. The third kappa shape index (κ3) is 3.01. The number of benzene rings is 1. The van der Waals surface area contributed by atoms with Crippen LogP contribution in [-0.2, 0) is 0 Å². The first-order chi connectivity index (χ1) is 7.60. The van der Waals surface area contributed by atoms with Gasteiger partial charge in [-0.15, -0.1) is 0 Å². The summed E-state index contributed by atoms with van der Waals surface area (Å²) in [5.41, 5.74) is 1.34. The zero-order chi connectivity index (χ0) is 12.1. The second-order valence-corrected chi connectivity index (χ2v) is 4.84. The van der Waals surface area contributed by atoms with Crippen molar-refractivity contribution in [2.24, 2.45) is 11.8 Å². The SMILES string of the molecule is CCC(C)C(CC)C(C)c1ccc(O)cc1. The largest absolute Gasteiger partial charge is 0.508 e. The Morgan fingerprint density at radius 2 is 1.56 bits per heavy atom. The molecule has 3 unspecified atom stereocenters. The van der Waals surface area contributed by atoms with Crippen molar-refractivity contribution in [1.82, 2.24) is 0 Å². The fraction of sp³-hybridized carbons (Fsp3) is 0.600. The molecular formula is C15H24O. The Kier molecular flexibility index (Phi) is 4.85. The van der Waals surface area contributed by atoms with E-state index in [1.807, 2.05) is 12.1 Å². The summed E-state index contributed by atoms with van der Waals surface area (Å²) in [5.74, 6) is 2.41. The summed E-state index contributed by atoms with van der Waals surface area (Å²) in [6.07, 6.45) is 2.46. The summed E-state index contributed by atoms with van der Waals surface area (Å²) in [4.78, 5) is 0. The highest BCUT2D eigenvalue weighted by Crippen LogP contribution is 2.34. The van der Waals surface area contributed by atoms with E-state index in [9.17, 15) is 5.11 Å². The third-order valence-corrected chi connectivity index (χ3v) is 3.91. The number of phenols is 1. The van der Waals surface area contributed by atoms with E-state index in [0.717, 1.165) is 11.8 Å². The Balaban J connectivity index is 2.82. The molecule has 90 valence electrons. The molecule has 1 heteroatoms. The molecule has 0 saturated carbocycles. The van der Waals surface area contributed by atoms with Crippen LogP contribution in [-0.4, -0.2) is 5.11 Å². The summed E-state index contributed by atoms with van der Waals surface area (Å²) in [6.45, 7) is 9.17. The van der Waals surface area contributed by atoms with Gasteiger partial charge in [0.2, 0.25) is 0 Å². The second-order valence-electron chi connectivity index (χ2n) is 4.84. The van der Waals surface area contributed by atoms with Crippen molar-refractivity contribution in [3.05, 3.63) is 29.8 Å². The summed E-state index contributed by atoms with van der Waals surface area (Å²) in [5, 5.41) is 9.29. The van der Waals surface area contributed by atoms with Gasteiger partial charge in [-0.1, -0.05) is 52.7 Å². The maximum absolute atomic E-state index is 9.29. The van der Waals surface area contributed by atoms with E-state index in [1.165, 1.54) is 18.4 Å². The highest BCUT2D eigenvalue weighted by Gasteiger charge is 2.21. The molecule has 0 amide bonds. The molecule has 0 saturated heterocycles. The van der Waals surface area contributed by atoms with Crippen LogP contribution in [0.1, 0.15) is 52.0 Å². The van der Waals surface area contributed by atoms with Gasteiger partial charge in [-0.25, -0.2) is 0 Å². The standard InChI is InChI=1S/C15H24O/c1-5-11(3)15(6-2)12(4)13-7-9-14(16)10-8-13/h7-12,15-16H,5-6H2,1-4H3. The predicted molar refractivity (Wildman–Crippen MR) is 69.8 cm³/mol. The van der Waals surface area contributed by atoms with Gasteiger partial charge in [-0.3, -0.25) is 0 Å². The van der Waals surface area contributed by atoms with Crippen molar-refractivity contribution in [2.75, 3.05) is 0 Å². The normalized spacial score (nSPS) is 16.8. The zero-order valence-electron chi connectivity index (χ0n) is 10.9. The fourth-order valence-electron chi connectivity index (χ4n) is 2.58.